The number of para-hydroxylation sites is 1. The highest BCUT2D eigenvalue weighted by atomic mass is 79.9. The zero-order valence-electron chi connectivity index (χ0n) is 11.6. The summed E-state index contributed by atoms with van der Waals surface area (Å²) in [5.41, 5.74) is 1.03. The number of benzene rings is 1. The molecule has 0 aromatic heterocycles. The van der Waals surface area contributed by atoms with Gasteiger partial charge in [-0.15, -0.1) is 0 Å². The number of amides is 2. The molecule has 0 heterocycles. The van der Waals surface area contributed by atoms with Gasteiger partial charge in [0.1, 0.15) is 0 Å². The van der Waals surface area contributed by atoms with Crippen LogP contribution in [-0.4, -0.2) is 35.6 Å². The molecule has 19 heavy (non-hydrogen) atoms. The first-order valence-corrected chi connectivity index (χ1v) is 7.01. The number of nitrogens with one attached hydrogen (secondary N) is 1. The fourth-order valence-electron chi connectivity index (χ4n) is 1.52. The van der Waals surface area contributed by atoms with E-state index in [9.17, 15) is 9.59 Å². The number of halogens is 1. The van der Waals surface area contributed by atoms with Gasteiger partial charge in [0.25, 0.3) is 5.91 Å². The minimum absolute atomic E-state index is 0.133. The number of nitrogens with zero attached hydrogens (tertiary/aromatic N) is 1. The van der Waals surface area contributed by atoms with Gasteiger partial charge in [0, 0.05) is 14.1 Å². The molecule has 0 radical (unpaired) electrons. The van der Waals surface area contributed by atoms with Crippen LogP contribution in [0.25, 0.3) is 0 Å². The first-order chi connectivity index (χ1) is 8.84. The van der Waals surface area contributed by atoms with Crippen molar-refractivity contribution in [1.29, 1.82) is 0 Å². The van der Waals surface area contributed by atoms with Gasteiger partial charge in [-0.25, -0.2) is 0 Å². The van der Waals surface area contributed by atoms with Gasteiger partial charge in [0.2, 0.25) is 5.91 Å². The molecule has 0 fully saturated rings. The van der Waals surface area contributed by atoms with Crippen molar-refractivity contribution in [2.75, 3.05) is 19.4 Å². The highest BCUT2D eigenvalue weighted by molar-refractivity contribution is 9.10. The van der Waals surface area contributed by atoms with Gasteiger partial charge in [0.15, 0.2) is 0 Å². The van der Waals surface area contributed by atoms with E-state index >= 15 is 0 Å². The molecule has 1 aromatic rings. The summed E-state index contributed by atoms with van der Waals surface area (Å²) in [6.45, 7) is 3.91. The average molecular weight is 327 g/mol. The lowest BCUT2D eigenvalue weighted by Gasteiger charge is -2.17. The first-order valence-electron chi connectivity index (χ1n) is 6.10. The van der Waals surface area contributed by atoms with Crippen LogP contribution >= 0.6 is 15.9 Å². The second kappa shape index (κ2) is 6.70. The Kier molecular flexibility index (Phi) is 5.54. The van der Waals surface area contributed by atoms with Crippen LogP contribution < -0.4 is 5.32 Å². The van der Waals surface area contributed by atoms with Crippen LogP contribution in [-0.2, 0) is 4.79 Å². The molecule has 0 saturated heterocycles. The predicted octanol–water partition coefficient (Wildman–Crippen LogP) is 2.75. The Morgan fingerprint density at radius 3 is 2.32 bits per heavy atom. The molecule has 1 N–H and O–H groups in total. The lowest BCUT2D eigenvalue weighted by atomic mass is 10.1. The second-order valence-corrected chi connectivity index (χ2v) is 5.87. The molecule has 5 heteroatoms. The third-order valence-electron chi connectivity index (χ3n) is 2.66. The van der Waals surface area contributed by atoms with E-state index in [1.807, 2.05) is 13.8 Å². The van der Waals surface area contributed by atoms with E-state index in [-0.39, 0.29) is 22.6 Å². The van der Waals surface area contributed by atoms with Crippen LogP contribution in [0, 0.1) is 5.92 Å². The minimum Gasteiger partial charge on any atom is -0.345 e. The van der Waals surface area contributed by atoms with E-state index < -0.39 is 0 Å². The second-order valence-electron chi connectivity index (χ2n) is 4.88. The van der Waals surface area contributed by atoms with Crippen molar-refractivity contribution in [1.82, 2.24) is 4.90 Å². The molecule has 104 valence electrons. The van der Waals surface area contributed by atoms with Crippen LogP contribution in [0.3, 0.4) is 0 Å². The molecular formula is C14H19BrN2O2. The van der Waals surface area contributed by atoms with Crippen LogP contribution in [0.4, 0.5) is 5.69 Å². The van der Waals surface area contributed by atoms with E-state index in [0.29, 0.717) is 11.3 Å². The topological polar surface area (TPSA) is 49.4 Å². The molecule has 0 aliphatic rings. The normalized spacial score (nSPS) is 12.1. The predicted molar refractivity (Wildman–Crippen MR) is 80.6 cm³/mol. The maximum Gasteiger partial charge on any atom is 0.255 e. The highest BCUT2D eigenvalue weighted by Gasteiger charge is 2.21. The lowest BCUT2D eigenvalue weighted by Crippen LogP contribution is -2.29. The highest BCUT2D eigenvalue weighted by Crippen LogP contribution is 2.19. The van der Waals surface area contributed by atoms with Crippen LogP contribution in [0.15, 0.2) is 24.3 Å². The molecule has 2 amide bonds. The first kappa shape index (κ1) is 15.7. The van der Waals surface area contributed by atoms with E-state index in [4.69, 9.17) is 0 Å². The minimum atomic E-state index is -0.282. The lowest BCUT2D eigenvalue weighted by molar-refractivity contribution is -0.116. The van der Waals surface area contributed by atoms with Gasteiger partial charge < -0.3 is 10.2 Å². The molecule has 1 aromatic carbocycles. The molecule has 0 bridgehead atoms. The van der Waals surface area contributed by atoms with Crippen molar-refractivity contribution in [3.63, 3.8) is 0 Å². The number of hydrogen-bond donors (Lipinski definition) is 1. The molecule has 1 atom stereocenters. The molecule has 0 aliphatic heterocycles. The van der Waals surface area contributed by atoms with E-state index in [1.165, 1.54) is 4.90 Å². The third-order valence-corrected chi connectivity index (χ3v) is 4.13. The summed E-state index contributed by atoms with van der Waals surface area (Å²) in [7, 11) is 3.37. The fraction of sp³-hybridized carbons (Fsp3) is 0.429. The van der Waals surface area contributed by atoms with Crippen LogP contribution in [0.1, 0.15) is 24.2 Å². The maximum atomic E-state index is 12.0. The number of hydrogen-bond acceptors (Lipinski definition) is 2. The van der Waals surface area contributed by atoms with Crippen molar-refractivity contribution in [3.05, 3.63) is 29.8 Å². The quantitative estimate of drug-likeness (QED) is 0.865. The van der Waals surface area contributed by atoms with Gasteiger partial charge >= 0.3 is 0 Å². The Bertz CT molecular complexity index is 472. The molecular weight excluding hydrogens is 308 g/mol. The summed E-state index contributed by atoms with van der Waals surface area (Å²) in [5.74, 6) is -0.0997. The number of carbonyl (C=O) groups is 2. The van der Waals surface area contributed by atoms with Crippen LogP contribution in [0.2, 0.25) is 0 Å². The molecule has 0 spiro atoms. The molecule has 1 unspecified atom stereocenters. The molecule has 0 aliphatic carbocycles. The number of carbonyl (C=O) groups excluding carboxylic acids is 2. The third kappa shape index (κ3) is 4.06. The van der Waals surface area contributed by atoms with Crippen molar-refractivity contribution >= 4 is 33.4 Å². The number of alkyl halides is 1. The van der Waals surface area contributed by atoms with Gasteiger partial charge in [0.05, 0.1) is 16.1 Å². The Morgan fingerprint density at radius 2 is 1.79 bits per heavy atom. The van der Waals surface area contributed by atoms with Gasteiger partial charge in [-0.1, -0.05) is 41.9 Å². The Labute approximate surface area is 122 Å². The van der Waals surface area contributed by atoms with Gasteiger partial charge in [-0.2, -0.15) is 0 Å². The SMILES string of the molecule is CC(C)C(Br)C(=O)Nc1ccccc1C(=O)N(C)C. The summed E-state index contributed by atoms with van der Waals surface area (Å²) in [6, 6.07) is 7.01. The van der Waals surface area contributed by atoms with Crippen molar-refractivity contribution in [2.24, 2.45) is 5.92 Å². The largest absolute Gasteiger partial charge is 0.345 e. The van der Waals surface area contributed by atoms with Crippen LogP contribution in [0.5, 0.6) is 0 Å². The average Bonchev–Trinajstić information content (AvgIpc) is 2.37. The summed E-state index contributed by atoms with van der Waals surface area (Å²) in [4.78, 5) is 25.2. The summed E-state index contributed by atoms with van der Waals surface area (Å²) in [6.07, 6.45) is 0. The smallest absolute Gasteiger partial charge is 0.255 e. The van der Waals surface area contributed by atoms with E-state index in [1.54, 1.807) is 38.4 Å². The molecule has 0 saturated carbocycles. The van der Waals surface area contributed by atoms with E-state index in [0.717, 1.165) is 0 Å². The zero-order valence-corrected chi connectivity index (χ0v) is 13.2. The maximum absolute atomic E-state index is 12.0. The Hall–Kier alpha value is -1.36. The van der Waals surface area contributed by atoms with Crippen molar-refractivity contribution < 1.29 is 9.59 Å². The molecule has 4 nitrogen and oxygen atoms in total. The standard InChI is InChI=1S/C14H19BrN2O2/c1-9(2)12(15)13(18)16-11-8-6-5-7-10(11)14(19)17(3)4/h5-9,12H,1-4H3,(H,16,18). The monoisotopic (exact) mass is 326 g/mol. The number of anilines is 1. The summed E-state index contributed by atoms with van der Waals surface area (Å²) < 4.78 is 0. The Morgan fingerprint density at radius 1 is 1.21 bits per heavy atom. The van der Waals surface area contributed by atoms with Gasteiger partial charge in [-0.3, -0.25) is 9.59 Å². The zero-order chi connectivity index (χ0) is 14.6. The van der Waals surface area contributed by atoms with E-state index in [2.05, 4.69) is 21.2 Å². The van der Waals surface area contributed by atoms with Gasteiger partial charge in [-0.05, 0) is 18.1 Å². The Balaban J connectivity index is 2.96. The fourth-order valence-corrected chi connectivity index (χ4v) is 1.64. The number of rotatable bonds is 4. The van der Waals surface area contributed by atoms with Crippen molar-refractivity contribution in [3.8, 4) is 0 Å². The summed E-state index contributed by atoms with van der Waals surface area (Å²) >= 11 is 3.35. The molecule has 1 rings (SSSR count). The summed E-state index contributed by atoms with van der Waals surface area (Å²) in [5, 5.41) is 2.79. The van der Waals surface area contributed by atoms with Crippen molar-refractivity contribution in [2.45, 2.75) is 18.7 Å².